The lowest BCUT2D eigenvalue weighted by atomic mass is 10.0. The summed E-state index contributed by atoms with van der Waals surface area (Å²) in [5.41, 5.74) is 3.91. The molecular formula is C22H25ClN4O. The van der Waals surface area contributed by atoms with E-state index in [0.717, 1.165) is 12.1 Å². The number of fused-ring (bicyclic) bond motifs is 1. The summed E-state index contributed by atoms with van der Waals surface area (Å²) in [5, 5.41) is 3.35. The number of hydrogen-bond acceptors (Lipinski definition) is 3. The normalized spacial score (nSPS) is 12.8. The number of nitrogens with zero attached hydrogens (tertiary/aromatic N) is 3. The predicted octanol–water partition coefficient (Wildman–Crippen LogP) is 3.98. The van der Waals surface area contributed by atoms with E-state index in [1.807, 2.05) is 42.9 Å². The molecule has 0 spiro atoms. The van der Waals surface area contributed by atoms with Crippen LogP contribution in [0.1, 0.15) is 29.8 Å². The molecule has 1 amide bonds. The van der Waals surface area contributed by atoms with Gasteiger partial charge in [-0.1, -0.05) is 48.9 Å². The number of aryl methyl sites for hydroxylation is 1. The highest BCUT2D eigenvalue weighted by molar-refractivity contribution is 6.31. The number of amides is 1. The van der Waals surface area contributed by atoms with Gasteiger partial charge in [0.25, 0.3) is 0 Å². The van der Waals surface area contributed by atoms with E-state index in [0.29, 0.717) is 17.4 Å². The minimum Gasteiger partial charge on any atom is -0.351 e. The summed E-state index contributed by atoms with van der Waals surface area (Å²) >= 11 is 6.20. The average Bonchev–Trinajstić information content (AvgIpc) is 3.01. The molecule has 3 rings (SSSR count). The third-order valence-electron chi connectivity index (χ3n) is 4.78. The molecule has 0 saturated heterocycles. The van der Waals surface area contributed by atoms with Gasteiger partial charge in [0.2, 0.25) is 5.91 Å². The predicted molar refractivity (Wildman–Crippen MR) is 114 cm³/mol. The van der Waals surface area contributed by atoms with Gasteiger partial charge in [-0.05, 0) is 49.9 Å². The quantitative estimate of drug-likeness (QED) is 0.614. The van der Waals surface area contributed by atoms with Gasteiger partial charge in [-0.2, -0.15) is 0 Å². The minimum absolute atomic E-state index is 0.0997. The molecule has 0 aliphatic carbocycles. The lowest BCUT2D eigenvalue weighted by molar-refractivity contribution is -0.116. The first-order valence-electron chi connectivity index (χ1n) is 9.33. The van der Waals surface area contributed by atoms with E-state index in [2.05, 4.69) is 46.4 Å². The lowest BCUT2D eigenvalue weighted by Gasteiger charge is -2.25. The number of carbonyl (C=O) groups is 1. The molecule has 3 aromatic rings. The zero-order valence-corrected chi connectivity index (χ0v) is 17.1. The van der Waals surface area contributed by atoms with Gasteiger partial charge in [-0.15, -0.1) is 0 Å². The van der Waals surface area contributed by atoms with E-state index in [4.69, 9.17) is 11.6 Å². The van der Waals surface area contributed by atoms with Crippen LogP contribution in [0.3, 0.4) is 0 Å². The van der Waals surface area contributed by atoms with Crippen LogP contribution in [0.2, 0.25) is 5.15 Å². The number of pyridine rings is 1. The van der Waals surface area contributed by atoms with Crippen molar-refractivity contribution in [2.24, 2.45) is 0 Å². The van der Waals surface area contributed by atoms with Crippen molar-refractivity contribution in [1.29, 1.82) is 0 Å². The smallest absolute Gasteiger partial charge is 0.244 e. The molecule has 0 bridgehead atoms. The van der Waals surface area contributed by atoms with Gasteiger partial charge in [-0.3, -0.25) is 9.20 Å². The standard InChI is InChI=1S/C22H25ClN4O/c1-4-16-8-10-17(11-9-16)19(26(2)3)15-24-21(28)13-12-18-22(23)25-20-7-5-6-14-27(18)20/h5-14,19H,4,15H2,1-3H3,(H,24,28)/b13-12+. The van der Waals surface area contributed by atoms with E-state index in [1.54, 1.807) is 6.08 Å². The van der Waals surface area contributed by atoms with Crippen LogP contribution in [-0.4, -0.2) is 40.8 Å². The molecule has 0 saturated carbocycles. The number of imidazole rings is 1. The zero-order chi connectivity index (χ0) is 20.1. The Morgan fingerprint density at radius 3 is 2.68 bits per heavy atom. The molecule has 2 heterocycles. The van der Waals surface area contributed by atoms with Crippen molar-refractivity contribution in [1.82, 2.24) is 19.6 Å². The molecule has 0 aliphatic rings. The van der Waals surface area contributed by atoms with Crippen LogP contribution in [0.15, 0.2) is 54.7 Å². The second-order valence-corrected chi connectivity index (χ2v) is 7.23. The molecule has 28 heavy (non-hydrogen) atoms. The summed E-state index contributed by atoms with van der Waals surface area (Å²) in [6.45, 7) is 2.66. The van der Waals surface area contributed by atoms with Gasteiger partial charge in [0.1, 0.15) is 5.65 Å². The highest BCUT2D eigenvalue weighted by Crippen LogP contribution is 2.20. The van der Waals surface area contributed by atoms with Crippen LogP contribution in [0.25, 0.3) is 11.7 Å². The highest BCUT2D eigenvalue weighted by Gasteiger charge is 2.15. The van der Waals surface area contributed by atoms with Gasteiger partial charge < -0.3 is 10.2 Å². The molecule has 1 aromatic carbocycles. The third-order valence-corrected chi connectivity index (χ3v) is 5.06. The number of benzene rings is 1. The van der Waals surface area contributed by atoms with Crippen LogP contribution in [0.4, 0.5) is 0 Å². The second-order valence-electron chi connectivity index (χ2n) is 6.87. The number of rotatable bonds is 7. The Morgan fingerprint density at radius 1 is 1.25 bits per heavy atom. The maximum absolute atomic E-state index is 12.4. The minimum atomic E-state index is -0.168. The van der Waals surface area contributed by atoms with Gasteiger partial charge in [0.15, 0.2) is 5.15 Å². The summed E-state index contributed by atoms with van der Waals surface area (Å²) in [6, 6.07) is 14.3. The largest absolute Gasteiger partial charge is 0.351 e. The number of nitrogens with one attached hydrogen (secondary N) is 1. The SMILES string of the molecule is CCc1ccc(C(CNC(=O)/C=C/c2c(Cl)nc3ccccn23)N(C)C)cc1. The van der Waals surface area contributed by atoms with Crippen molar-refractivity contribution in [3.63, 3.8) is 0 Å². The Labute approximate surface area is 170 Å². The van der Waals surface area contributed by atoms with Crippen molar-refractivity contribution >= 4 is 29.2 Å². The van der Waals surface area contributed by atoms with Crippen LogP contribution in [0, 0.1) is 0 Å². The fourth-order valence-corrected chi connectivity index (χ4v) is 3.36. The van der Waals surface area contributed by atoms with Gasteiger partial charge in [-0.25, -0.2) is 4.98 Å². The number of hydrogen-bond donors (Lipinski definition) is 1. The number of likely N-dealkylation sites (N-methyl/N-ethyl adjacent to an activating group) is 1. The summed E-state index contributed by atoms with van der Waals surface area (Å²) in [7, 11) is 4.02. The van der Waals surface area contributed by atoms with E-state index >= 15 is 0 Å². The highest BCUT2D eigenvalue weighted by atomic mass is 35.5. The molecule has 146 valence electrons. The third kappa shape index (κ3) is 4.61. The summed E-state index contributed by atoms with van der Waals surface area (Å²) in [5.74, 6) is -0.168. The molecule has 0 fully saturated rings. The average molecular weight is 397 g/mol. The first-order valence-corrected chi connectivity index (χ1v) is 9.71. The van der Waals surface area contributed by atoms with E-state index < -0.39 is 0 Å². The van der Waals surface area contributed by atoms with Gasteiger partial charge >= 0.3 is 0 Å². The first-order chi connectivity index (χ1) is 13.5. The Balaban J connectivity index is 1.67. The van der Waals surface area contributed by atoms with Crippen molar-refractivity contribution in [2.45, 2.75) is 19.4 Å². The second kappa shape index (κ2) is 9.04. The first kappa shape index (κ1) is 20.1. The number of halogens is 1. The lowest BCUT2D eigenvalue weighted by Crippen LogP contribution is -2.33. The monoisotopic (exact) mass is 396 g/mol. The van der Waals surface area contributed by atoms with Crippen molar-refractivity contribution in [3.8, 4) is 0 Å². The molecule has 0 aliphatic heterocycles. The Kier molecular flexibility index (Phi) is 6.49. The molecule has 6 heteroatoms. The number of carbonyl (C=O) groups excluding carboxylic acids is 1. The van der Waals surface area contributed by atoms with Gasteiger partial charge in [0.05, 0.1) is 11.7 Å². The molecule has 1 N–H and O–H groups in total. The van der Waals surface area contributed by atoms with E-state index in [9.17, 15) is 4.79 Å². The van der Waals surface area contributed by atoms with E-state index in [-0.39, 0.29) is 11.9 Å². The summed E-state index contributed by atoms with van der Waals surface area (Å²) < 4.78 is 1.85. The Bertz CT molecular complexity index is 976. The van der Waals surface area contributed by atoms with Crippen molar-refractivity contribution in [3.05, 3.63) is 76.7 Å². The van der Waals surface area contributed by atoms with E-state index in [1.165, 1.54) is 17.2 Å². The molecule has 0 radical (unpaired) electrons. The molecule has 1 atom stereocenters. The van der Waals surface area contributed by atoms with Crippen LogP contribution >= 0.6 is 11.6 Å². The van der Waals surface area contributed by atoms with Crippen molar-refractivity contribution in [2.75, 3.05) is 20.6 Å². The zero-order valence-electron chi connectivity index (χ0n) is 16.4. The maximum atomic E-state index is 12.4. The molecule has 5 nitrogen and oxygen atoms in total. The number of aromatic nitrogens is 2. The Hall–Kier alpha value is -2.63. The fraction of sp³-hybridized carbons (Fsp3) is 0.273. The Morgan fingerprint density at radius 2 is 2.00 bits per heavy atom. The maximum Gasteiger partial charge on any atom is 0.244 e. The fourth-order valence-electron chi connectivity index (χ4n) is 3.12. The molecule has 1 unspecified atom stereocenters. The van der Waals surface area contributed by atoms with Crippen LogP contribution < -0.4 is 5.32 Å². The molecule has 2 aromatic heterocycles. The van der Waals surface area contributed by atoms with Crippen LogP contribution in [-0.2, 0) is 11.2 Å². The van der Waals surface area contributed by atoms with Crippen molar-refractivity contribution < 1.29 is 4.79 Å². The van der Waals surface area contributed by atoms with Crippen LogP contribution in [0.5, 0.6) is 0 Å². The van der Waals surface area contributed by atoms with Gasteiger partial charge in [0, 0.05) is 18.8 Å². The summed E-state index contributed by atoms with van der Waals surface area (Å²) in [6.07, 6.45) is 6.07. The molecular weight excluding hydrogens is 372 g/mol. The topological polar surface area (TPSA) is 49.6 Å². The summed E-state index contributed by atoms with van der Waals surface area (Å²) in [4.78, 5) is 18.7.